The van der Waals surface area contributed by atoms with E-state index in [2.05, 4.69) is 0 Å². The molecule has 0 saturated carbocycles. The second-order valence-electron chi connectivity index (χ2n) is 4.62. The molecule has 0 aliphatic carbocycles. The van der Waals surface area contributed by atoms with Crippen molar-refractivity contribution >= 4 is 28.7 Å². The zero-order chi connectivity index (χ0) is 18.0. The highest BCUT2D eigenvalue weighted by Gasteiger charge is 2.33. The number of halogens is 1. The van der Waals surface area contributed by atoms with Crippen LogP contribution in [0.4, 0.5) is 17.1 Å². The van der Waals surface area contributed by atoms with Crippen LogP contribution in [0.15, 0.2) is 30.3 Å². The third-order valence-electron chi connectivity index (χ3n) is 2.94. The number of rotatable bonds is 5. The summed E-state index contributed by atoms with van der Waals surface area (Å²) in [5.41, 5.74) is -1.84. The summed E-state index contributed by atoms with van der Waals surface area (Å²) in [4.78, 5) is 30.1. The maximum absolute atomic E-state index is 11.1. The minimum Gasteiger partial charge on any atom is -0.443 e. The molecule has 0 fully saturated rings. The van der Waals surface area contributed by atoms with E-state index in [1.807, 2.05) is 0 Å². The molecular weight excluding hydrogens is 346 g/mol. The zero-order valence-corrected chi connectivity index (χ0v) is 12.7. The summed E-state index contributed by atoms with van der Waals surface area (Å²) in [5.74, 6) is -0.788. The molecule has 0 N–H and O–H groups in total. The molecule has 0 aliphatic rings. The minimum absolute atomic E-state index is 0.0534. The standard InChI is InChI=1S/C13H8ClN3O7/c1-7-2-3-12(9(14)4-7)24-13-10(16(20)21)5-8(15(18)19)6-11(13)17(22)23/h2-6H,1H3. The van der Waals surface area contributed by atoms with Gasteiger partial charge in [-0.3, -0.25) is 30.3 Å². The third kappa shape index (κ3) is 3.38. The van der Waals surface area contributed by atoms with Crippen LogP contribution in [0.1, 0.15) is 5.56 Å². The van der Waals surface area contributed by atoms with Crippen LogP contribution in [0.3, 0.4) is 0 Å². The van der Waals surface area contributed by atoms with Crippen molar-refractivity contribution in [1.82, 2.24) is 0 Å². The number of ether oxygens (including phenoxy) is 1. The Morgan fingerprint density at radius 3 is 1.88 bits per heavy atom. The molecular formula is C13H8ClN3O7. The molecule has 0 radical (unpaired) electrons. The third-order valence-corrected chi connectivity index (χ3v) is 3.23. The van der Waals surface area contributed by atoms with Gasteiger partial charge in [-0.2, -0.15) is 0 Å². The molecule has 0 unspecified atom stereocenters. The van der Waals surface area contributed by atoms with Gasteiger partial charge in [0.15, 0.2) is 0 Å². The molecule has 0 aromatic heterocycles. The highest BCUT2D eigenvalue weighted by molar-refractivity contribution is 6.32. The van der Waals surface area contributed by atoms with Crippen LogP contribution in [0.25, 0.3) is 0 Å². The van der Waals surface area contributed by atoms with E-state index >= 15 is 0 Å². The monoisotopic (exact) mass is 353 g/mol. The lowest BCUT2D eigenvalue weighted by Gasteiger charge is -2.09. The van der Waals surface area contributed by atoms with Gasteiger partial charge < -0.3 is 4.74 Å². The number of nitro groups is 3. The Morgan fingerprint density at radius 1 is 0.917 bits per heavy atom. The van der Waals surface area contributed by atoms with Gasteiger partial charge in [-0.25, -0.2) is 0 Å². The van der Waals surface area contributed by atoms with Crippen molar-refractivity contribution in [3.8, 4) is 11.5 Å². The Bertz CT molecular complexity index is 834. The van der Waals surface area contributed by atoms with Crippen LogP contribution in [-0.2, 0) is 0 Å². The number of nitrogens with zero attached hydrogens (tertiary/aromatic N) is 3. The molecule has 0 amide bonds. The van der Waals surface area contributed by atoms with Crippen LogP contribution in [0.5, 0.6) is 11.5 Å². The lowest BCUT2D eigenvalue weighted by molar-refractivity contribution is -0.404. The van der Waals surface area contributed by atoms with Gasteiger partial charge in [0.2, 0.25) is 0 Å². The summed E-state index contributed by atoms with van der Waals surface area (Å²) in [6.45, 7) is 1.74. The molecule has 11 heteroatoms. The van der Waals surface area contributed by atoms with Crippen molar-refractivity contribution in [1.29, 1.82) is 0 Å². The number of aryl methyl sites for hydroxylation is 1. The normalized spacial score (nSPS) is 10.2. The topological polar surface area (TPSA) is 139 Å². The first kappa shape index (κ1) is 17.1. The quantitative estimate of drug-likeness (QED) is 0.580. The average Bonchev–Trinajstić information content (AvgIpc) is 2.49. The molecule has 0 spiro atoms. The maximum atomic E-state index is 11.1. The second-order valence-corrected chi connectivity index (χ2v) is 5.03. The zero-order valence-electron chi connectivity index (χ0n) is 12.0. The molecule has 10 nitrogen and oxygen atoms in total. The Labute approximate surface area is 138 Å². The molecule has 0 aliphatic heterocycles. The summed E-state index contributed by atoms with van der Waals surface area (Å²) in [6, 6.07) is 5.64. The van der Waals surface area contributed by atoms with Gasteiger partial charge in [-0.15, -0.1) is 0 Å². The Hall–Kier alpha value is -3.27. The molecule has 2 aromatic carbocycles. The lowest BCUT2D eigenvalue weighted by atomic mass is 10.2. The van der Waals surface area contributed by atoms with Crippen molar-refractivity contribution in [3.63, 3.8) is 0 Å². The van der Waals surface area contributed by atoms with E-state index in [9.17, 15) is 30.3 Å². The van der Waals surface area contributed by atoms with E-state index in [1.54, 1.807) is 13.0 Å². The van der Waals surface area contributed by atoms with Crippen LogP contribution >= 0.6 is 11.6 Å². The fraction of sp³-hybridized carbons (Fsp3) is 0.0769. The molecule has 24 heavy (non-hydrogen) atoms. The lowest BCUT2D eigenvalue weighted by Crippen LogP contribution is -2.01. The van der Waals surface area contributed by atoms with Crippen molar-refractivity contribution in [3.05, 3.63) is 71.3 Å². The van der Waals surface area contributed by atoms with Gasteiger partial charge in [0.25, 0.3) is 11.4 Å². The van der Waals surface area contributed by atoms with E-state index in [1.165, 1.54) is 12.1 Å². The number of hydrogen-bond donors (Lipinski definition) is 0. The number of nitro benzene ring substituents is 3. The molecule has 2 rings (SSSR count). The predicted octanol–water partition coefficient (Wildman–Crippen LogP) is 4.17. The van der Waals surface area contributed by atoms with E-state index in [4.69, 9.17) is 16.3 Å². The SMILES string of the molecule is Cc1ccc(Oc2c([N+](=O)[O-])cc([N+](=O)[O-])cc2[N+](=O)[O-])c(Cl)c1. The number of benzene rings is 2. The molecule has 0 bridgehead atoms. The van der Waals surface area contributed by atoms with Gasteiger partial charge >= 0.3 is 11.4 Å². The Morgan fingerprint density at radius 2 is 1.46 bits per heavy atom. The first-order valence-electron chi connectivity index (χ1n) is 6.26. The van der Waals surface area contributed by atoms with Gasteiger partial charge in [0.1, 0.15) is 5.75 Å². The Balaban J connectivity index is 2.68. The second kappa shape index (κ2) is 6.46. The highest BCUT2D eigenvalue weighted by atomic mass is 35.5. The minimum atomic E-state index is -1.00. The smallest absolute Gasteiger partial charge is 0.325 e. The van der Waals surface area contributed by atoms with Crippen molar-refractivity contribution in [2.24, 2.45) is 0 Å². The van der Waals surface area contributed by atoms with Gasteiger partial charge in [-0.05, 0) is 24.6 Å². The van der Waals surface area contributed by atoms with Crippen LogP contribution < -0.4 is 4.74 Å². The largest absolute Gasteiger partial charge is 0.443 e. The summed E-state index contributed by atoms with van der Waals surface area (Å²) in [5, 5.41) is 33.2. The number of non-ortho nitro benzene ring substituents is 1. The van der Waals surface area contributed by atoms with E-state index in [0.29, 0.717) is 12.1 Å². The van der Waals surface area contributed by atoms with Crippen molar-refractivity contribution in [2.75, 3.05) is 0 Å². The fourth-order valence-corrected chi connectivity index (χ4v) is 2.14. The number of hydrogen-bond acceptors (Lipinski definition) is 7. The first-order chi connectivity index (χ1) is 11.2. The van der Waals surface area contributed by atoms with E-state index in [0.717, 1.165) is 5.56 Å². The molecule has 0 saturated heterocycles. The van der Waals surface area contributed by atoms with Crippen LogP contribution in [0.2, 0.25) is 5.02 Å². The van der Waals surface area contributed by atoms with Gasteiger partial charge in [-0.1, -0.05) is 17.7 Å². The van der Waals surface area contributed by atoms with Crippen molar-refractivity contribution in [2.45, 2.75) is 6.92 Å². The summed E-state index contributed by atoms with van der Waals surface area (Å²) in [6.07, 6.45) is 0. The molecule has 0 atom stereocenters. The van der Waals surface area contributed by atoms with Gasteiger partial charge in [0.05, 0.1) is 31.9 Å². The van der Waals surface area contributed by atoms with E-state index < -0.39 is 37.6 Å². The van der Waals surface area contributed by atoms with E-state index in [-0.39, 0.29) is 10.8 Å². The molecule has 2 aromatic rings. The fourth-order valence-electron chi connectivity index (χ4n) is 1.86. The molecule has 0 heterocycles. The summed E-state index contributed by atoms with van der Waals surface area (Å²) in [7, 11) is 0. The molecule has 124 valence electrons. The highest BCUT2D eigenvalue weighted by Crippen LogP contribution is 2.44. The maximum Gasteiger partial charge on any atom is 0.325 e. The predicted molar refractivity (Wildman–Crippen MR) is 82.7 cm³/mol. The Kier molecular flexibility index (Phi) is 4.60. The van der Waals surface area contributed by atoms with Gasteiger partial charge in [0, 0.05) is 0 Å². The van der Waals surface area contributed by atoms with Crippen LogP contribution in [0, 0.1) is 37.3 Å². The average molecular weight is 354 g/mol. The van der Waals surface area contributed by atoms with Crippen LogP contribution in [-0.4, -0.2) is 14.8 Å². The van der Waals surface area contributed by atoms with Crippen molar-refractivity contribution < 1.29 is 19.5 Å². The first-order valence-corrected chi connectivity index (χ1v) is 6.63. The summed E-state index contributed by atoms with van der Waals surface area (Å²) >= 11 is 5.95. The summed E-state index contributed by atoms with van der Waals surface area (Å²) < 4.78 is 5.25.